The van der Waals surface area contributed by atoms with Gasteiger partial charge in [-0.15, -0.1) is 11.3 Å². The van der Waals surface area contributed by atoms with Gasteiger partial charge in [0.1, 0.15) is 0 Å². The van der Waals surface area contributed by atoms with E-state index in [0.29, 0.717) is 0 Å². The van der Waals surface area contributed by atoms with E-state index < -0.39 is 0 Å². The van der Waals surface area contributed by atoms with Crippen molar-refractivity contribution in [3.05, 3.63) is 34.8 Å². The van der Waals surface area contributed by atoms with Crippen LogP contribution in [0.25, 0.3) is 11.4 Å². The fourth-order valence-corrected chi connectivity index (χ4v) is 2.42. The van der Waals surface area contributed by atoms with Crippen molar-refractivity contribution in [3.63, 3.8) is 0 Å². The van der Waals surface area contributed by atoms with Gasteiger partial charge in [0.25, 0.3) is 0 Å². The van der Waals surface area contributed by atoms with Crippen molar-refractivity contribution in [2.45, 2.75) is 32.6 Å². The van der Waals surface area contributed by atoms with Crippen LogP contribution in [0.3, 0.4) is 0 Å². The first-order chi connectivity index (χ1) is 7.90. The maximum Gasteiger partial charge on any atom is 0.0998 e. The number of unbranched alkanes of at least 4 members (excludes halogenated alkanes) is 2. The number of aryl methyl sites for hydroxylation is 1. The van der Waals surface area contributed by atoms with Gasteiger partial charge in [-0.05, 0) is 25.0 Å². The molecular weight excluding hydrogens is 216 g/mol. The molecule has 0 saturated carbocycles. The van der Waals surface area contributed by atoms with Crippen LogP contribution in [-0.2, 0) is 6.42 Å². The molecule has 0 radical (unpaired) electrons. The van der Waals surface area contributed by atoms with Gasteiger partial charge in [0, 0.05) is 11.6 Å². The van der Waals surface area contributed by atoms with Crippen LogP contribution in [0, 0.1) is 0 Å². The van der Waals surface area contributed by atoms with E-state index in [1.165, 1.54) is 24.3 Å². The average molecular weight is 232 g/mol. The number of nitrogens with zero attached hydrogens (tertiary/aromatic N) is 2. The molecule has 2 aromatic rings. The smallest absolute Gasteiger partial charge is 0.0998 e. The summed E-state index contributed by atoms with van der Waals surface area (Å²) in [6.45, 7) is 2.22. The lowest BCUT2D eigenvalue weighted by Gasteiger charge is -1.95. The molecule has 0 aliphatic rings. The topological polar surface area (TPSA) is 25.8 Å². The lowest BCUT2D eigenvalue weighted by molar-refractivity contribution is 0.715. The molecule has 0 aliphatic carbocycles. The first-order valence-corrected chi connectivity index (χ1v) is 6.64. The molecule has 16 heavy (non-hydrogen) atoms. The van der Waals surface area contributed by atoms with Crippen molar-refractivity contribution < 1.29 is 0 Å². The summed E-state index contributed by atoms with van der Waals surface area (Å²) in [5, 5.41) is 3.33. The molecule has 2 heterocycles. The highest BCUT2D eigenvalue weighted by Crippen LogP contribution is 2.20. The maximum absolute atomic E-state index is 4.61. The minimum absolute atomic E-state index is 0.973. The highest BCUT2D eigenvalue weighted by atomic mass is 32.1. The number of hydrogen-bond acceptors (Lipinski definition) is 3. The fourth-order valence-electron chi connectivity index (χ4n) is 1.58. The van der Waals surface area contributed by atoms with Crippen molar-refractivity contribution in [3.8, 4) is 11.4 Å². The zero-order chi connectivity index (χ0) is 11.2. The summed E-state index contributed by atoms with van der Waals surface area (Å²) in [5.41, 5.74) is 1.98. The fraction of sp³-hybridized carbons (Fsp3) is 0.385. The third kappa shape index (κ3) is 2.89. The Bertz CT molecular complexity index is 423. The number of pyridine rings is 1. The van der Waals surface area contributed by atoms with E-state index in [-0.39, 0.29) is 0 Å². The number of rotatable bonds is 5. The second-order valence-electron chi connectivity index (χ2n) is 3.80. The Balaban J connectivity index is 2.02. The second kappa shape index (κ2) is 5.75. The van der Waals surface area contributed by atoms with Crippen LogP contribution in [-0.4, -0.2) is 9.97 Å². The number of hydrogen-bond donors (Lipinski definition) is 0. The highest BCUT2D eigenvalue weighted by Gasteiger charge is 2.04. The molecule has 2 rings (SSSR count). The van der Waals surface area contributed by atoms with Crippen molar-refractivity contribution in [2.24, 2.45) is 0 Å². The average Bonchev–Trinajstić information content (AvgIpc) is 2.79. The second-order valence-corrected chi connectivity index (χ2v) is 4.74. The summed E-state index contributed by atoms with van der Waals surface area (Å²) in [6, 6.07) is 5.93. The van der Waals surface area contributed by atoms with Gasteiger partial charge in [-0.3, -0.25) is 4.98 Å². The molecule has 0 N–H and O–H groups in total. The molecule has 2 aromatic heterocycles. The van der Waals surface area contributed by atoms with Crippen LogP contribution in [0.15, 0.2) is 29.8 Å². The van der Waals surface area contributed by atoms with E-state index in [4.69, 9.17) is 0 Å². The molecule has 0 amide bonds. The minimum Gasteiger partial charge on any atom is -0.255 e. The van der Waals surface area contributed by atoms with Crippen LogP contribution in [0.2, 0.25) is 0 Å². The van der Waals surface area contributed by atoms with Crippen molar-refractivity contribution in [1.82, 2.24) is 9.97 Å². The quantitative estimate of drug-likeness (QED) is 0.730. The molecule has 0 atom stereocenters. The minimum atomic E-state index is 0.973. The third-order valence-corrected chi connectivity index (χ3v) is 3.38. The molecule has 2 nitrogen and oxygen atoms in total. The zero-order valence-corrected chi connectivity index (χ0v) is 10.3. The standard InChI is InChI=1S/C13H16N2S/c1-2-3-4-8-13-15-12(10-16-13)11-7-5-6-9-14-11/h5-7,9-10H,2-4,8H2,1H3. The molecule has 0 fully saturated rings. The maximum atomic E-state index is 4.61. The molecule has 84 valence electrons. The number of aromatic nitrogens is 2. The Morgan fingerprint density at radius 2 is 2.12 bits per heavy atom. The van der Waals surface area contributed by atoms with E-state index in [9.17, 15) is 0 Å². The summed E-state index contributed by atoms with van der Waals surface area (Å²) in [5.74, 6) is 0. The molecule has 3 heteroatoms. The largest absolute Gasteiger partial charge is 0.255 e. The molecular formula is C13H16N2S. The summed E-state index contributed by atoms with van der Waals surface area (Å²) in [4.78, 5) is 8.91. The van der Waals surface area contributed by atoms with Gasteiger partial charge in [-0.2, -0.15) is 0 Å². The lowest BCUT2D eigenvalue weighted by atomic mass is 10.2. The molecule has 0 unspecified atom stereocenters. The van der Waals surface area contributed by atoms with Crippen molar-refractivity contribution in [2.75, 3.05) is 0 Å². The SMILES string of the molecule is CCCCCc1nc(-c2ccccn2)cs1. The van der Waals surface area contributed by atoms with E-state index in [2.05, 4.69) is 22.3 Å². The summed E-state index contributed by atoms with van der Waals surface area (Å²) in [6.07, 6.45) is 6.71. The van der Waals surface area contributed by atoms with Gasteiger partial charge >= 0.3 is 0 Å². The van der Waals surface area contributed by atoms with Gasteiger partial charge < -0.3 is 0 Å². The highest BCUT2D eigenvalue weighted by molar-refractivity contribution is 7.09. The van der Waals surface area contributed by atoms with Crippen LogP contribution in [0.4, 0.5) is 0 Å². The van der Waals surface area contributed by atoms with Crippen LogP contribution >= 0.6 is 11.3 Å². The van der Waals surface area contributed by atoms with Gasteiger partial charge in [-0.1, -0.05) is 25.8 Å². The zero-order valence-electron chi connectivity index (χ0n) is 9.52. The Labute approximate surface area is 100 Å². The summed E-state index contributed by atoms with van der Waals surface area (Å²) in [7, 11) is 0. The van der Waals surface area contributed by atoms with Gasteiger partial charge in [0.05, 0.1) is 16.4 Å². The predicted octanol–water partition coefficient (Wildman–Crippen LogP) is 3.94. The molecule has 0 aliphatic heterocycles. The van der Waals surface area contributed by atoms with Crippen LogP contribution < -0.4 is 0 Å². The Hall–Kier alpha value is -1.22. The Morgan fingerprint density at radius 3 is 2.88 bits per heavy atom. The first-order valence-electron chi connectivity index (χ1n) is 5.76. The van der Waals surface area contributed by atoms with Crippen LogP contribution in [0.5, 0.6) is 0 Å². The molecule has 0 aromatic carbocycles. The van der Waals surface area contributed by atoms with Gasteiger partial charge in [-0.25, -0.2) is 4.98 Å². The summed E-state index contributed by atoms with van der Waals surface area (Å²) < 4.78 is 0. The summed E-state index contributed by atoms with van der Waals surface area (Å²) >= 11 is 1.74. The Kier molecular flexibility index (Phi) is 4.05. The van der Waals surface area contributed by atoms with Crippen molar-refractivity contribution in [1.29, 1.82) is 0 Å². The van der Waals surface area contributed by atoms with Gasteiger partial charge in [0.15, 0.2) is 0 Å². The first kappa shape index (κ1) is 11.3. The van der Waals surface area contributed by atoms with Crippen molar-refractivity contribution >= 4 is 11.3 Å². The van der Waals surface area contributed by atoms with E-state index >= 15 is 0 Å². The number of thiazole rings is 1. The molecule has 0 spiro atoms. The molecule has 0 saturated heterocycles. The normalized spacial score (nSPS) is 10.6. The molecule has 0 bridgehead atoms. The predicted molar refractivity (Wildman–Crippen MR) is 68.6 cm³/mol. The van der Waals surface area contributed by atoms with E-state index in [0.717, 1.165) is 17.8 Å². The van der Waals surface area contributed by atoms with E-state index in [1.807, 2.05) is 24.4 Å². The van der Waals surface area contributed by atoms with Gasteiger partial charge in [0.2, 0.25) is 0 Å². The van der Waals surface area contributed by atoms with E-state index in [1.54, 1.807) is 11.3 Å². The monoisotopic (exact) mass is 232 g/mol. The third-order valence-electron chi connectivity index (χ3n) is 2.47. The van der Waals surface area contributed by atoms with Crippen LogP contribution in [0.1, 0.15) is 31.2 Å². The Morgan fingerprint density at radius 1 is 1.19 bits per heavy atom. The lowest BCUT2D eigenvalue weighted by Crippen LogP contribution is -1.86.